The number of benzene rings is 2. The summed E-state index contributed by atoms with van der Waals surface area (Å²) in [6.45, 7) is 17.6. The molecule has 1 nitrogen and oxygen atoms in total. The van der Waals surface area contributed by atoms with Gasteiger partial charge in [-0.05, 0) is 106 Å². The molecule has 2 aliphatic carbocycles. The predicted molar refractivity (Wildman–Crippen MR) is 155 cm³/mol. The fourth-order valence-corrected chi connectivity index (χ4v) is 5.77. The molecule has 0 saturated heterocycles. The third-order valence-electron chi connectivity index (χ3n) is 8.68. The van der Waals surface area contributed by atoms with Gasteiger partial charge < -0.3 is 4.90 Å². The van der Waals surface area contributed by atoms with E-state index >= 15 is 0 Å². The summed E-state index contributed by atoms with van der Waals surface area (Å²) in [5.41, 5.74) is 10.2. The molecule has 2 atom stereocenters. The van der Waals surface area contributed by atoms with Gasteiger partial charge in [0.2, 0.25) is 0 Å². The van der Waals surface area contributed by atoms with Crippen molar-refractivity contribution in [2.45, 2.75) is 73.6 Å². The first-order chi connectivity index (χ1) is 17.0. The lowest BCUT2D eigenvalue weighted by Gasteiger charge is -2.45. The maximum atomic E-state index is 12.1. The summed E-state index contributed by atoms with van der Waals surface area (Å²) >= 11 is 0. The van der Waals surface area contributed by atoms with E-state index in [2.05, 4.69) is 95.6 Å². The highest BCUT2D eigenvalue weighted by atomic mass is 19.1. The summed E-state index contributed by atoms with van der Waals surface area (Å²) in [5, 5.41) is 0. The first-order valence-corrected chi connectivity index (χ1v) is 13.2. The molecular weight excluding hydrogens is 441 g/mol. The maximum Gasteiger partial charge on any atom is 0.123 e. The van der Waals surface area contributed by atoms with Gasteiger partial charge in [-0.3, -0.25) is 0 Å². The van der Waals surface area contributed by atoms with E-state index in [1.165, 1.54) is 60.2 Å². The molecule has 2 heteroatoms. The first kappa shape index (κ1) is 27.7. The highest BCUT2D eigenvalue weighted by Crippen LogP contribution is 2.62. The van der Waals surface area contributed by atoms with Crippen LogP contribution >= 0.6 is 0 Å². The molecule has 4 rings (SSSR count). The van der Waals surface area contributed by atoms with Crippen LogP contribution in [0.5, 0.6) is 0 Å². The molecule has 0 heterocycles. The van der Waals surface area contributed by atoms with Gasteiger partial charge in [0.15, 0.2) is 0 Å². The minimum atomic E-state index is -0.171. The number of nitrogens with zero attached hydrogens (tertiary/aromatic N) is 1. The highest BCUT2D eigenvalue weighted by molar-refractivity contribution is 5.56. The van der Waals surface area contributed by atoms with Crippen LogP contribution in [-0.4, -0.2) is 7.05 Å². The van der Waals surface area contributed by atoms with Crippen molar-refractivity contribution in [3.63, 3.8) is 0 Å². The molecule has 2 aromatic rings. The van der Waals surface area contributed by atoms with Gasteiger partial charge in [-0.15, -0.1) is 0 Å². The lowest BCUT2D eigenvalue weighted by Crippen LogP contribution is -2.36. The van der Waals surface area contributed by atoms with Crippen molar-refractivity contribution in [1.29, 1.82) is 0 Å². The number of hydrogen-bond acceptors (Lipinski definition) is 1. The van der Waals surface area contributed by atoms with E-state index in [4.69, 9.17) is 0 Å². The molecule has 0 radical (unpaired) electrons. The average Bonchev–Trinajstić information content (AvgIpc) is 3.10. The van der Waals surface area contributed by atoms with Crippen LogP contribution in [0.4, 0.5) is 10.1 Å². The molecule has 1 fully saturated rings. The maximum absolute atomic E-state index is 12.1. The van der Waals surface area contributed by atoms with Crippen LogP contribution < -0.4 is 4.90 Å². The SMILES string of the molecule is C=C(C)N(C)c1ccccc1CCC1(C)CCC2=CC(C)=C(/C=C\C)CC21C.Cc1ccc(F)cc1. The van der Waals surface area contributed by atoms with E-state index < -0.39 is 0 Å². The number of fused-ring (bicyclic) bond motifs is 1. The van der Waals surface area contributed by atoms with Crippen molar-refractivity contribution >= 4 is 5.69 Å². The van der Waals surface area contributed by atoms with Gasteiger partial charge in [0.05, 0.1) is 0 Å². The topological polar surface area (TPSA) is 3.24 Å². The number of hydrogen-bond donors (Lipinski definition) is 0. The predicted octanol–water partition coefficient (Wildman–Crippen LogP) is 9.75. The fourth-order valence-electron chi connectivity index (χ4n) is 5.77. The summed E-state index contributed by atoms with van der Waals surface area (Å²) in [6, 6.07) is 15.2. The molecule has 192 valence electrons. The van der Waals surface area contributed by atoms with Crippen molar-refractivity contribution < 1.29 is 4.39 Å². The fraction of sp³-hybridized carbons (Fsp3) is 0.412. The number of aryl methyl sites for hydroxylation is 2. The lowest BCUT2D eigenvalue weighted by atomic mass is 9.59. The van der Waals surface area contributed by atoms with Gasteiger partial charge in [-0.1, -0.05) is 80.1 Å². The molecule has 0 aliphatic heterocycles. The van der Waals surface area contributed by atoms with Crippen molar-refractivity contribution in [2.24, 2.45) is 10.8 Å². The van der Waals surface area contributed by atoms with E-state index in [0.717, 1.165) is 17.7 Å². The van der Waals surface area contributed by atoms with Crippen LogP contribution in [0, 0.1) is 23.6 Å². The summed E-state index contributed by atoms with van der Waals surface area (Å²) in [4.78, 5) is 2.22. The molecule has 36 heavy (non-hydrogen) atoms. The Morgan fingerprint density at radius 1 is 1.08 bits per heavy atom. The molecule has 0 spiro atoms. The Hall–Kier alpha value is -2.87. The van der Waals surface area contributed by atoms with E-state index in [1.54, 1.807) is 17.7 Å². The number of anilines is 1. The second kappa shape index (κ2) is 11.5. The van der Waals surface area contributed by atoms with Gasteiger partial charge in [0, 0.05) is 18.4 Å². The van der Waals surface area contributed by atoms with Crippen molar-refractivity contribution in [1.82, 2.24) is 0 Å². The van der Waals surface area contributed by atoms with Crippen LogP contribution in [0.3, 0.4) is 0 Å². The van der Waals surface area contributed by atoms with Gasteiger partial charge in [-0.25, -0.2) is 4.39 Å². The zero-order valence-corrected chi connectivity index (χ0v) is 23.4. The van der Waals surface area contributed by atoms with Crippen LogP contribution in [0.15, 0.2) is 95.8 Å². The number of allylic oxidation sites excluding steroid dienone is 7. The second-order valence-electron chi connectivity index (χ2n) is 11.2. The minimum Gasteiger partial charge on any atom is -0.349 e. The molecule has 0 bridgehead atoms. The van der Waals surface area contributed by atoms with Crippen LogP contribution in [0.2, 0.25) is 0 Å². The Morgan fingerprint density at radius 2 is 1.75 bits per heavy atom. The van der Waals surface area contributed by atoms with Gasteiger partial charge in [-0.2, -0.15) is 0 Å². The first-order valence-electron chi connectivity index (χ1n) is 13.2. The van der Waals surface area contributed by atoms with Crippen LogP contribution in [0.25, 0.3) is 0 Å². The Bertz CT molecular complexity index is 1140. The van der Waals surface area contributed by atoms with Crippen molar-refractivity contribution in [2.75, 3.05) is 11.9 Å². The monoisotopic (exact) mass is 485 g/mol. The minimum absolute atomic E-state index is 0.171. The van der Waals surface area contributed by atoms with Gasteiger partial charge in [0.25, 0.3) is 0 Å². The normalized spacial score (nSPS) is 23.2. The molecule has 2 unspecified atom stereocenters. The summed E-state index contributed by atoms with van der Waals surface area (Å²) in [5.74, 6) is -0.171. The molecule has 2 aromatic carbocycles. The molecule has 2 aliphatic rings. The molecule has 0 N–H and O–H groups in total. The Kier molecular flexibility index (Phi) is 8.82. The quantitative estimate of drug-likeness (QED) is 0.393. The zero-order chi connectivity index (χ0) is 26.5. The number of halogens is 1. The Balaban J connectivity index is 0.000000383. The second-order valence-corrected chi connectivity index (χ2v) is 11.2. The molecule has 1 saturated carbocycles. The molecule has 0 amide bonds. The number of para-hydroxylation sites is 1. The van der Waals surface area contributed by atoms with Crippen LogP contribution in [0.1, 0.15) is 71.4 Å². The summed E-state index contributed by atoms with van der Waals surface area (Å²) < 4.78 is 12.1. The zero-order valence-electron chi connectivity index (χ0n) is 23.4. The highest BCUT2D eigenvalue weighted by Gasteiger charge is 2.52. The molecular formula is C34H44FN. The van der Waals surface area contributed by atoms with E-state index in [-0.39, 0.29) is 11.2 Å². The number of rotatable bonds is 6. The Morgan fingerprint density at radius 3 is 2.36 bits per heavy atom. The van der Waals surface area contributed by atoms with E-state index in [9.17, 15) is 4.39 Å². The average molecular weight is 486 g/mol. The third kappa shape index (κ3) is 5.91. The Labute approximate surface area is 219 Å². The largest absolute Gasteiger partial charge is 0.349 e. The smallest absolute Gasteiger partial charge is 0.123 e. The van der Waals surface area contributed by atoms with Crippen molar-refractivity contribution in [3.05, 3.63) is 113 Å². The van der Waals surface area contributed by atoms with E-state index in [0.29, 0.717) is 5.41 Å². The summed E-state index contributed by atoms with van der Waals surface area (Å²) in [6.07, 6.45) is 13.1. The summed E-state index contributed by atoms with van der Waals surface area (Å²) in [7, 11) is 2.12. The van der Waals surface area contributed by atoms with E-state index in [1.807, 2.05) is 6.92 Å². The standard InChI is InChI=1S/C27H37N.C7H7F/c1-8-11-23-19-27(6)24(18-21(23)4)15-17-26(27,5)16-14-22-12-9-10-13-25(22)28(7)20(2)3;1-6-2-4-7(8)5-3-6/h8-13,18H,2,14-17,19H2,1,3-7H3;2-5H,1H3/b11-8-;. The van der Waals surface area contributed by atoms with Gasteiger partial charge in [0.1, 0.15) is 5.82 Å². The molecule has 0 aromatic heterocycles. The van der Waals surface area contributed by atoms with Crippen LogP contribution in [-0.2, 0) is 6.42 Å². The van der Waals surface area contributed by atoms with Gasteiger partial charge >= 0.3 is 0 Å². The van der Waals surface area contributed by atoms with Crippen molar-refractivity contribution in [3.8, 4) is 0 Å². The lowest BCUT2D eigenvalue weighted by molar-refractivity contribution is 0.126. The third-order valence-corrected chi connectivity index (χ3v) is 8.68.